The van der Waals surface area contributed by atoms with E-state index in [1.165, 1.54) is 0 Å². The van der Waals surface area contributed by atoms with Crippen molar-refractivity contribution < 1.29 is 4.79 Å². The average molecular weight is 231 g/mol. The quantitative estimate of drug-likeness (QED) is 0.807. The van der Waals surface area contributed by atoms with Gasteiger partial charge in [-0.2, -0.15) is 0 Å². The maximum Gasteiger partial charge on any atom is 0.170 e. The summed E-state index contributed by atoms with van der Waals surface area (Å²) >= 11 is 0. The molecule has 1 aliphatic rings. The summed E-state index contributed by atoms with van der Waals surface area (Å²) in [5.74, 6) is 0.336. The monoisotopic (exact) mass is 231 g/mol. The third-order valence-electron chi connectivity index (χ3n) is 3.84. The second-order valence-corrected chi connectivity index (χ2v) is 5.10. The number of Topliss-reactive ketones (excluding diaryl/α,β-unsaturated/α-hetero) is 1. The van der Waals surface area contributed by atoms with Crippen LogP contribution in [0.15, 0.2) is 24.3 Å². The number of carbonyl (C=O) groups is 1. The molecule has 1 aromatic carbocycles. The Morgan fingerprint density at radius 3 is 2.76 bits per heavy atom. The van der Waals surface area contributed by atoms with Crippen molar-refractivity contribution in [2.45, 2.75) is 33.1 Å². The number of hydrogen-bond acceptors (Lipinski definition) is 2. The molecule has 1 atom stereocenters. The van der Waals surface area contributed by atoms with E-state index in [1.807, 2.05) is 31.2 Å². The predicted molar refractivity (Wildman–Crippen MR) is 70.3 cm³/mol. The van der Waals surface area contributed by atoms with Gasteiger partial charge >= 0.3 is 0 Å². The molecule has 2 rings (SSSR count). The van der Waals surface area contributed by atoms with Crippen LogP contribution < -0.4 is 5.32 Å². The number of nitrogens with one attached hydrogen (secondary N) is 1. The molecule has 1 aliphatic heterocycles. The van der Waals surface area contributed by atoms with Gasteiger partial charge < -0.3 is 5.32 Å². The van der Waals surface area contributed by atoms with Crippen LogP contribution in [0.4, 0.5) is 0 Å². The van der Waals surface area contributed by atoms with E-state index in [2.05, 4.69) is 12.2 Å². The largest absolute Gasteiger partial charge is 0.316 e. The Kier molecular flexibility index (Phi) is 3.63. The molecule has 92 valence electrons. The number of ketones is 1. The smallest absolute Gasteiger partial charge is 0.170 e. The molecule has 0 saturated carbocycles. The van der Waals surface area contributed by atoms with Gasteiger partial charge in [0.05, 0.1) is 0 Å². The predicted octanol–water partition coefficient (Wildman–Crippen LogP) is 2.96. The van der Waals surface area contributed by atoms with Crippen LogP contribution in [-0.4, -0.2) is 18.9 Å². The molecule has 1 aromatic rings. The van der Waals surface area contributed by atoms with Crippen molar-refractivity contribution >= 4 is 5.78 Å². The van der Waals surface area contributed by atoms with Crippen LogP contribution in [0.5, 0.6) is 0 Å². The van der Waals surface area contributed by atoms with E-state index >= 15 is 0 Å². The minimum absolute atomic E-state index is 0.152. The van der Waals surface area contributed by atoms with Gasteiger partial charge in [0.15, 0.2) is 5.78 Å². The second kappa shape index (κ2) is 5.01. The van der Waals surface area contributed by atoms with Crippen LogP contribution in [0, 0.1) is 12.3 Å². The summed E-state index contributed by atoms with van der Waals surface area (Å²) in [6.07, 6.45) is 3.04. The molecular formula is C15H21NO. The van der Waals surface area contributed by atoms with Crippen molar-refractivity contribution in [3.05, 3.63) is 35.4 Å². The lowest BCUT2D eigenvalue weighted by atomic mass is 9.75. The summed E-state index contributed by atoms with van der Waals surface area (Å²) in [4.78, 5) is 12.7. The van der Waals surface area contributed by atoms with Crippen molar-refractivity contribution in [2.24, 2.45) is 5.41 Å². The molecular weight excluding hydrogens is 210 g/mol. The number of aryl methyl sites for hydroxylation is 1. The molecule has 0 radical (unpaired) electrons. The third-order valence-corrected chi connectivity index (χ3v) is 3.84. The van der Waals surface area contributed by atoms with E-state index in [1.54, 1.807) is 0 Å². The van der Waals surface area contributed by atoms with Crippen LogP contribution in [0.1, 0.15) is 42.1 Å². The standard InChI is InChI=1S/C15H21NO/c1-3-8-15(9-10-16-11-15)14(17)13-7-5-4-6-12(13)2/h4-7,16H,3,8-11H2,1-2H3. The van der Waals surface area contributed by atoms with Crippen LogP contribution in [0.3, 0.4) is 0 Å². The molecule has 0 aromatic heterocycles. The first-order valence-electron chi connectivity index (χ1n) is 6.51. The summed E-state index contributed by atoms with van der Waals surface area (Å²) in [5, 5.41) is 3.35. The Morgan fingerprint density at radius 1 is 1.41 bits per heavy atom. The highest BCUT2D eigenvalue weighted by Crippen LogP contribution is 2.35. The van der Waals surface area contributed by atoms with E-state index < -0.39 is 0 Å². The van der Waals surface area contributed by atoms with Gasteiger partial charge in [0.25, 0.3) is 0 Å². The molecule has 0 amide bonds. The van der Waals surface area contributed by atoms with Crippen LogP contribution in [-0.2, 0) is 0 Å². The van der Waals surface area contributed by atoms with Gasteiger partial charge in [0, 0.05) is 17.5 Å². The molecule has 1 fully saturated rings. The number of benzene rings is 1. The van der Waals surface area contributed by atoms with Crippen molar-refractivity contribution in [1.29, 1.82) is 0 Å². The van der Waals surface area contributed by atoms with Crippen molar-refractivity contribution in [3.8, 4) is 0 Å². The fourth-order valence-electron chi connectivity index (χ4n) is 2.86. The Morgan fingerprint density at radius 2 is 2.18 bits per heavy atom. The highest BCUT2D eigenvalue weighted by Gasteiger charge is 2.40. The Hall–Kier alpha value is -1.15. The highest BCUT2D eigenvalue weighted by molar-refractivity contribution is 6.02. The molecule has 2 heteroatoms. The molecule has 1 saturated heterocycles. The first-order chi connectivity index (χ1) is 8.19. The normalized spacial score (nSPS) is 23.9. The Labute approximate surface area is 103 Å². The van der Waals surface area contributed by atoms with E-state index in [0.29, 0.717) is 5.78 Å². The van der Waals surface area contributed by atoms with Gasteiger partial charge in [-0.15, -0.1) is 0 Å². The fourth-order valence-corrected chi connectivity index (χ4v) is 2.86. The fraction of sp³-hybridized carbons (Fsp3) is 0.533. The van der Waals surface area contributed by atoms with Gasteiger partial charge in [-0.05, 0) is 31.9 Å². The van der Waals surface area contributed by atoms with Crippen LogP contribution in [0.25, 0.3) is 0 Å². The average Bonchev–Trinajstić information content (AvgIpc) is 2.79. The first-order valence-corrected chi connectivity index (χ1v) is 6.51. The summed E-state index contributed by atoms with van der Waals surface area (Å²) in [5.41, 5.74) is 1.85. The zero-order valence-corrected chi connectivity index (χ0v) is 10.8. The van der Waals surface area contributed by atoms with Gasteiger partial charge in [-0.1, -0.05) is 37.6 Å². The highest BCUT2D eigenvalue weighted by atomic mass is 16.1. The van der Waals surface area contributed by atoms with E-state index in [-0.39, 0.29) is 5.41 Å². The van der Waals surface area contributed by atoms with Gasteiger partial charge in [-0.3, -0.25) is 4.79 Å². The van der Waals surface area contributed by atoms with Crippen LogP contribution in [0.2, 0.25) is 0 Å². The third kappa shape index (κ3) is 2.27. The van der Waals surface area contributed by atoms with Crippen molar-refractivity contribution in [2.75, 3.05) is 13.1 Å². The van der Waals surface area contributed by atoms with E-state index in [0.717, 1.165) is 43.5 Å². The molecule has 0 bridgehead atoms. The lowest BCUT2D eigenvalue weighted by molar-refractivity contribution is 0.0801. The summed E-state index contributed by atoms with van der Waals surface area (Å²) in [7, 11) is 0. The minimum atomic E-state index is -0.152. The Balaban J connectivity index is 2.32. The lowest BCUT2D eigenvalue weighted by Crippen LogP contribution is -2.34. The summed E-state index contributed by atoms with van der Waals surface area (Å²) in [6.45, 7) is 5.99. The topological polar surface area (TPSA) is 29.1 Å². The Bertz CT molecular complexity index is 405. The number of rotatable bonds is 4. The molecule has 0 aliphatic carbocycles. The summed E-state index contributed by atoms with van der Waals surface area (Å²) < 4.78 is 0. The van der Waals surface area contributed by atoms with Gasteiger partial charge in [0.2, 0.25) is 0 Å². The number of hydrogen-bond donors (Lipinski definition) is 1. The minimum Gasteiger partial charge on any atom is -0.316 e. The second-order valence-electron chi connectivity index (χ2n) is 5.10. The molecule has 1 unspecified atom stereocenters. The maximum absolute atomic E-state index is 12.7. The van der Waals surface area contributed by atoms with Crippen LogP contribution >= 0.6 is 0 Å². The number of carbonyl (C=O) groups excluding carboxylic acids is 1. The van der Waals surface area contributed by atoms with E-state index in [9.17, 15) is 4.79 Å². The van der Waals surface area contributed by atoms with Gasteiger partial charge in [-0.25, -0.2) is 0 Å². The molecule has 1 N–H and O–H groups in total. The maximum atomic E-state index is 12.7. The van der Waals surface area contributed by atoms with Crippen molar-refractivity contribution in [3.63, 3.8) is 0 Å². The molecule has 2 nitrogen and oxygen atoms in total. The van der Waals surface area contributed by atoms with E-state index in [4.69, 9.17) is 0 Å². The molecule has 1 heterocycles. The zero-order chi connectivity index (χ0) is 12.3. The molecule has 17 heavy (non-hydrogen) atoms. The van der Waals surface area contributed by atoms with Gasteiger partial charge in [0.1, 0.15) is 0 Å². The zero-order valence-electron chi connectivity index (χ0n) is 10.8. The van der Waals surface area contributed by atoms with Crippen molar-refractivity contribution in [1.82, 2.24) is 5.32 Å². The summed E-state index contributed by atoms with van der Waals surface area (Å²) in [6, 6.07) is 7.94. The SMILES string of the molecule is CCCC1(C(=O)c2ccccc2C)CCNC1. The molecule has 0 spiro atoms. The first kappa shape index (κ1) is 12.3. The lowest BCUT2D eigenvalue weighted by Gasteiger charge is -2.26.